The van der Waals surface area contributed by atoms with E-state index in [4.69, 9.17) is 9.84 Å². The summed E-state index contributed by atoms with van der Waals surface area (Å²) in [5.41, 5.74) is 0.205. The molecule has 0 aromatic heterocycles. The Morgan fingerprint density at radius 2 is 2.16 bits per heavy atom. The van der Waals surface area contributed by atoms with Crippen molar-refractivity contribution < 1.29 is 23.8 Å². The molecule has 1 aromatic carbocycles. The van der Waals surface area contributed by atoms with Crippen molar-refractivity contribution in [1.29, 1.82) is 0 Å². The molecule has 7 heteroatoms. The summed E-state index contributed by atoms with van der Waals surface area (Å²) in [4.78, 5) is 21.9. The average molecular weight is 270 g/mol. The highest BCUT2D eigenvalue weighted by Gasteiger charge is 2.14. The third-order valence-corrected chi connectivity index (χ3v) is 2.21. The zero-order chi connectivity index (χ0) is 14.4. The molecule has 3 N–H and O–H groups in total. The molecule has 0 aliphatic rings. The largest absolute Gasteiger partial charge is 0.491 e. The molecule has 0 bridgehead atoms. The number of nitrogens with one attached hydrogen (secondary N) is 2. The highest BCUT2D eigenvalue weighted by atomic mass is 19.1. The number of benzene rings is 1. The molecular formula is C12H15FN2O4. The number of ether oxygens (including phenoxy) is 1. The van der Waals surface area contributed by atoms with Gasteiger partial charge in [-0.2, -0.15) is 0 Å². The van der Waals surface area contributed by atoms with Gasteiger partial charge in [0, 0.05) is 11.8 Å². The number of hydrogen-bond donors (Lipinski definition) is 3. The predicted octanol–water partition coefficient (Wildman–Crippen LogP) is 1.82. The first kappa shape index (κ1) is 14.7. The summed E-state index contributed by atoms with van der Waals surface area (Å²) < 4.78 is 18.5. The molecule has 1 rings (SSSR count). The molecule has 2 amide bonds. The van der Waals surface area contributed by atoms with E-state index in [-0.39, 0.29) is 11.4 Å². The van der Waals surface area contributed by atoms with Gasteiger partial charge in [0.1, 0.15) is 6.04 Å². The molecule has 0 spiro atoms. The molecule has 19 heavy (non-hydrogen) atoms. The minimum atomic E-state index is -1.16. The van der Waals surface area contributed by atoms with E-state index < -0.39 is 23.9 Å². The van der Waals surface area contributed by atoms with Crippen molar-refractivity contribution in [3.63, 3.8) is 0 Å². The molecule has 0 fully saturated rings. The van der Waals surface area contributed by atoms with Crippen LogP contribution in [0.15, 0.2) is 18.2 Å². The summed E-state index contributed by atoms with van der Waals surface area (Å²) in [5.74, 6) is -1.67. The lowest BCUT2D eigenvalue weighted by molar-refractivity contribution is -0.138. The first-order chi connectivity index (χ1) is 8.93. The zero-order valence-corrected chi connectivity index (χ0v) is 10.6. The van der Waals surface area contributed by atoms with E-state index in [0.717, 1.165) is 6.07 Å². The van der Waals surface area contributed by atoms with E-state index >= 15 is 0 Å². The van der Waals surface area contributed by atoms with Crippen LogP contribution in [-0.2, 0) is 4.79 Å². The van der Waals surface area contributed by atoms with Crippen LogP contribution in [0.1, 0.15) is 13.8 Å². The van der Waals surface area contributed by atoms with E-state index in [9.17, 15) is 14.0 Å². The van der Waals surface area contributed by atoms with Crippen LogP contribution in [0, 0.1) is 5.82 Å². The standard InChI is InChI=1S/C12H15FN2O4/c1-3-19-10-5-4-8(6-9(10)13)15-12(18)14-7(2)11(16)17/h4-7H,3H2,1-2H3,(H,16,17)(H2,14,15,18). The summed E-state index contributed by atoms with van der Waals surface area (Å²) in [6, 6.07) is 2.18. The van der Waals surface area contributed by atoms with Crippen LogP contribution in [0.4, 0.5) is 14.9 Å². The van der Waals surface area contributed by atoms with E-state index in [0.29, 0.717) is 6.61 Å². The fourth-order valence-electron chi connectivity index (χ4n) is 1.28. The van der Waals surface area contributed by atoms with E-state index in [1.807, 2.05) is 0 Å². The molecule has 6 nitrogen and oxygen atoms in total. The topological polar surface area (TPSA) is 87.7 Å². The molecule has 0 radical (unpaired) electrons. The van der Waals surface area contributed by atoms with Crippen LogP contribution in [0.2, 0.25) is 0 Å². The van der Waals surface area contributed by atoms with Crippen LogP contribution in [0.5, 0.6) is 5.75 Å². The number of carboxylic acids is 1. The highest BCUT2D eigenvalue weighted by Crippen LogP contribution is 2.20. The molecule has 1 atom stereocenters. The van der Waals surface area contributed by atoms with Crippen LogP contribution >= 0.6 is 0 Å². The molecule has 1 unspecified atom stereocenters. The Labute approximate surface area is 109 Å². The summed E-state index contributed by atoms with van der Waals surface area (Å²) in [6.07, 6.45) is 0. The maximum Gasteiger partial charge on any atom is 0.325 e. The number of hydrogen-bond acceptors (Lipinski definition) is 3. The summed E-state index contributed by atoms with van der Waals surface area (Å²) >= 11 is 0. The molecule has 1 aromatic rings. The number of amides is 2. The Bertz CT molecular complexity index is 479. The first-order valence-electron chi connectivity index (χ1n) is 5.66. The van der Waals surface area contributed by atoms with Gasteiger partial charge in [-0.1, -0.05) is 0 Å². The van der Waals surface area contributed by atoms with Crippen LogP contribution < -0.4 is 15.4 Å². The molecule has 0 heterocycles. The number of halogens is 1. The Hall–Kier alpha value is -2.31. The van der Waals surface area contributed by atoms with Crippen molar-refractivity contribution in [3.05, 3.63) is 24.0 Å². The molecule has 0 saturated heterocycles. The predicted molar refractivity (Wildman–Crippen MR) is 66.8 cm³/mol. The van der Waals surface area contributed by atoms with Gasteiger partial charge in [-0.25, -0.2) is 9.18 Å². The van der Waals surface area contributed by atoms with Crippen LogP contribution in [0.25, 0.3) is 0 Å². The first-order valence-corrected chi connectivity index (χ1v) is 5.66. The van der Waals surface area contributed by atoms with Gasteiger partial charge in [-0.3, -0.25) is 4.79 Å². The third kappa shape index (κ3) is 4.46. The SMILES string of the molecule is CCOc1ccc(NC(=O)NC(C)C(=O)O)cc1F. The van der Waals surface area contributed by atoms with Gasteiger partial charge < -0.3 is 20.5 Å². The minimum Gasteiger partial charge on any atom is -0.491 e. The lowest BCUT2D eigenvalue weighted by Gasteiger charge is -2.11. The molecule has 0 aliphatic carbocycles. The number of urea groups is 1. The second-order valence-corrected chi connectivity index (χ2v) is 3.74. The fourth-order valence-corrected chi connectivity index (χ4v) is 1.28. The van der Waals surface area contributed by atoms with Gasteiger partial charge in [0.15, 0.2) is 11.6 Å². The lowest BCUT2D eigenvalue weighted by Crippen LogP contribution is -2.40. The van der Waals surface area contributed by atoms with Gasteiger partial charge in [0.25, 0.3) is 0 Å². The Kier molecular flexibility index (Phi) is 5.11. The van der Waals surface area contributed by atoms with Crippen molar-refractivity contribution in [1.82, 2.24) is 5.32 Å². The lowest BCUT2D eigenvalue weighted by atomic mass is 10.3. The van der Waals surface area contributed by atoms with Crippen molar-refractivity contribution >= 4 is 17.7 Å². The number of anilines is 1. The van der Waals surface area contributed by atoms with E-state index in [1.54, 1.807) is 6.92 Å². The molecular weight excluding hydrogens is 255 g/mol. The van der Waals surface area contributed by atoms with Gasteiger partial charge in [-0.15, -0.1) is 0 Å². The number of carbonyl (C=O) groups excluding carboxylic acids is 1. The van der Waals surface area contributed by atoms with Crippen molar-refractivity contribution in [2.24, 2.45) is 0 Å². The Balaban J connectivity index is 2.65. The fraction of sp³-hybridized carbons (Fsp3) is 0.333. The third-order valence-electron chi connectivity index (χ3n) is 2.21. The van der Waals surface area contributed by atoms with Gasteiger partial charge in [0.05, 0.1) is 6.61 Å². The number of rotatable bonds is 5. The monoisotopic (exact) mass is 270 g/mol. The second-order valence-electron chi connectivity index (χ2n) is 3.74. The van der Waals surface area contributed by atoms with Crippen LogP contribution in [0.3, 0.4) is 0 Å². The van der Waals surface area contributed by atoms with Crippen molar-refractivity contribution in [3.8, 4) is 5.75 Å². The summed E-state index contributed by atoms with van der Waals surface area (Å²) in [7, 11) is 0. The molecule has 104 valence electrons. The molecule has 0 saturated carbocycles. The van der Waals surface area contributed by atoms with E-state index in [2.05, 4.69) is 10.6 Å². The number of carboxylic acid groups (broad SMARTS) is 1. The van der Waals surface area contributed by atoms with E-state index in [1.165, 1.54) is 19.1 Å². The Morgan fingerprint density at radius 1 is 1.47 bits per heavy atom. The quantitative estimate of drug-likeness (QED) is 0.761. The van der Waals surface area contributed by atoms with Crippen molar-refractivity contribution in [2.45, 2.75) is 19.9 Å². The Morgan fingerprint density at radius 3 is 2.68 bits per heavy atom. The number of carbonyl (C=O) groups is 2. The molecule has 0 aliphatic heterocycles. The average Bonchev–Trinajstić information content (AvgIpc) is 2.32. The van der Waals surface area contributed by atoms with Gasteiger partial charge >= 0.3 is 12.0 Å². The zero-order valence-electron chi connectivity index (χ0n) is 10.6. The summed E-state index contributed by atoms with van der Waals surface area (Å²) in [5, 5.41) is 13.1. The summed E-state index contributed by atoms with van der Waals surface area (Å²) in [6.45, 7) is 3.38. The second kappa shape index (κ2) is 6.58. The maximum atomic E-state index is 13.5. The maximum absolute atomic E-state index is 13.5. The van der Waals surface area contributed by atoms with Gasteiger partial charge in [0.2, 0.25) is 0 Å². The van der Waals surface area contributed by atoms with Gasteiger partial charge in [-0.05, 0) is 26.0 Å². The minimum absolute atomic E-state index is 0.0902. The number of aliphatic carboxylic acids is 1. The normalized spacial score (nSPS) is 11.5. The highest BCUT2D eigenvalue weighted by molar-refractivity contribution is 5.92. The van der Waals surface area contributed by atoms with Crippen LogP contribution in [-0.4, -0.2) is 29.8 Å². The smallest absolute Gasteiger partial charge is 0.325 e. The van der Waals surface area contributed by atoms with Crippen molar-refractivity contribution in [2.75, 3.05) is 11.9 Å².